The number of primary amides is 1. The van der Waals surface area contributed by atoms with Gasteiger partial charge in [-0.05, 0) is 59.2 Å². The summed E-state index contributed by atoms with van der Waals surface area (Å²) in [6.45, 7) is 1.13. The van der Waals surface area contributed by atoms with Gasteiger partial charge in [0.05, 0.1) is 5.92 Å². The van der Waals surface area contributed by atoms with E-state index >= 15 is 0 Å². The Hall–Kier alpha value is -5.89. The number of carbonyl (C=O) groups excluding carboxylic acids is 3. The molecule has 5 aromatic carbocycles. The van der Waals surface area contributed by atoms with Crippen LogP contribution in [0.5, 0.6) is 5.75 Å². The fourth-order valence-corrected chi connectivity index (χ4v) is 5.81. The number of nitrogens with zero attached hydrogens (tertiary/aromatic N) is 1. The van der Waals surface area contributed by atoms with Crippen molar-refractivity contribution in [2.75, 3.05) is 13.1 Å². The molecule has 0 spiro atoms. The molecule has 3 N–H and O–H groups in total. The van der Waals surface area contributed by atoms with Crippen LogP contribution >= 0.6 is 0 Å². The summed E-state index contributed by atoms with van der Waals surface area (Å²) in [7, 11) is 0. The Bertz CT molecular complexity index is 1730. The van der Waals surface area contributed by atoms with Crippen LogP contribution in [-0.2, 0) is 34.0 Å². The van der Waals surface area contributed by atoms with Gasteiger partial charge in [-0.2, -0.15) is 0 Å². The summed E-state index contributed by atoms with van der Waals surface area (Å²) in [5.41, 5.74) is 10.6. The summed E-state index contributed by atoms with van der Waals surface area (Å²) in [4.78, 5) is 41.7. The third kappa shape index (κ3) is 10.6. The second-order valence-corrected chi connectivity index (χ2v) is 12.0. The molecule has 0 bridgehead atoms. The zero-order chi connectivity index (χ0) is 35.0. The van der Waals surface area contributed by atoms with Crippen molar-refractivity contribution in [3.63, 3.8) is 0 Å². The van der Waals surface area contributed by atoms with Gasteiger partial charge >= 0.3 is 6.09 Å². The van der Waals surface area contributed by atoms with Crippen LogP contribution in [0.4, 0.5) is 4.79 Å². The highest BCUT2D eigenvalue weighted by Crippen LogP contribution is 2.29. The normalized spacial score (nSPS) is 11.4. The number of amides is 3. The first-order chi connectivity index (χ1) is 24.5. The van der Waals surface area contributed by atoms with E-state index < -0.39 is 24.0 Å². The summed E-state index contributed by atoms with van der Waals surface area (Å²) in [6, 6.07) is 45.3. The minimum Gasteiger partial charge on any atom is -0.489 e. The van der Waals surface area contributed by atoms with Crippen molar-refractivity contribution in [2.24, 2.45) is 5.73 Å². The number of hydrogen-bond donors (Lipinski definition) is 2. The fourth-order valence-electron chi connectivity index (χ4n) is 5.81. The highest BCUT2D eigenvalue weighted by atomic mass is 16.5. The first-order valence-corrected chi connectivity index (χ1v) is 16.9. The molecule has 3 amide bonds. The minimum absolute atomic E-state index is 0.152. The van der Waals surface area contributed by atoms with Gasteiger partial charge < -0.3 is 25.4 Å². The first-order valence-electron chi connectivity index (χ1n) is 16.9. The summed E-state index contributed by atoms with van der Waals surface area (Å²) < 4.78 is 11.3. The van der Waals surface area contributed by atoms with Gasteiger partial charge in [-0.3, -0.25) is 9.59 Å². The molecule has 1 atom stereocenters. The molecule has 8 nitrogen and oxygen atoms in total. The SMILES string of the molecule is NC(=O)[C@@H](CCCNC(=O)OCc1ccccc1)N(CCc1ccc(OCc2ccccc2)cc1)C(=O)C(c1ccccc1)c1ccccc1. The molecule has 0 aliphatic rings. The topological polar surface area (TPSA) is 111 Å². The van der Waals surface area contributed by atoms with E-state index in [1.807, 2.05) is 146 Å². The number of rotatable bonds is 17. The lowest BCUT2D eigenvalue weighted by molar-refractivity contribution is -0.140. The average molecular weight is 670 g/mol. The standard InChI is InChI=1S/C42H43N3O5/c43-40(46)38(22-13-28-44-42(48)50-31-34-16-7-2-8-17-34)45(41(47)39(35-18-9-3-10-19-35)36-20-11-4-12-21-36)29-27-32-23-25-37(26-24-32)49-30-33-14-5-1-6-15-33/h1-12,14-21,23-26,38-39H,13,22,27-31H2,(H2,43,46)(H,44,48)/t38-/m1/s1. The molecule has 5 rings (SSSR count). The number of carbonyl (C=O) groups is 3. The van der Waals surface area contributed by atoms with Crippen molar-refractivity contribution in [3.8, 4) is 5.75 Å². The summed E-state index contributed by atoms with van der Waals surface area (Å²) >= 11 is 0. The Labute approximate surface area is 293 Å². The van der Waals surface area contributed by atoms with Crippen LogP contribution in [0, 0.1) is 0 Å². The molecular weight excluding hydrogens is 626 g/mol. The van der Waals surface area contributed by atoms with Gasteiger partial charge in [0.2, 0.25) is 11.8 Å². The van der Waals surface area contributed by atoms with E-state index in [-0.39, 0.29) is 32.0 Å². The molecule has 0 fully saturated rings. The van der Waals surface area contributed by atoms with Crippen molar-refractivity contribution < 1.29 is 23.9 Å². The molecule has 0 aliphatic carbocycles. The van der Waals surface area contributed by atoms with E-state index in [1.54, 1.807) is 4.90 Å². The number of hydrogen-bond acceptors (Lipinski definition) is 5. The van der Waals surface area contributed by atoms with Crippen LogP contribution in [0.3, 0.4) is 0 Å². The van der Waals surface area contributed by atoms with Gasteiger partial charge in [-0.25, -0.2) is 4.79 Å². The Morgan fingerprint density at radius 3 is 1.70 bits per heavy atom. The molecule has 0 aromatic heterocycles. The molecule has 0 saturated carbocycles. The molecule has 0 aliphatic heterocycles. The van der Waals surface area contributed by atoms with Crippen LogP contribution in [0.2, 0.25) is 0 Å². The predicted octanol–water partition coefficient (Wildman–Crippen LogP) is 7.03. The van der Waals surface area contributed by atoms with E-state index in [9.17, 15) is 14.4 Å². The second kappa shape index (κ2) is 18.6. The lowest BCUT2D eigenvalue weighted by Gasteiger charge is -2.33. The number of alkyl carbamates (subject to hydrolysis) is 1. The summed E-state index contributed by atoms with van der Waals surface area (Å²) in [6.07, 6.45) is 0.617. The van der Waals surface area contributed by atoms with Crippen molar-refractivity contribution in [1.29, 1.82) is 0 Å². The summed E-state index contributed by atoms with van der Waals surface area (Å²) in [5.74, 6) is -0.721. The van der Waals surface area contributed by atoms with Crippen molar-refractivity contribution >= 4 is 17.9 Å². The number of benzene rings is 5. The van der Waals surface area contributed by atoms with Gasteiger partial charge in [-0.15, -0.1) is 0 Å². The molecule has 0 saturated heterocycles. The highest BCUT2D eigenvalue weighted by molar-refractivity contribution is 5.92. The largest absolute Gasteiger partial charge is 0.489 e. The van der Waals surface area contributed by atoms with Crippen molar-refractivity contribution in [3.05, 3.63) is 173 Å². The van der Waals surface area contributed by atoms with Gasteiger partial charge in [0.1, 0.15) is 25.0 Å². The third-order valence-corrected chi connectivity index (χ3v) is 8.45. The fraction of sp³-hybridized carbons (Fsp3) is 0.214. The monoisotopic (exact) mass is 669 g/mol. The smallest absolute Gasteiger partial charge is 0.407 e. The van der Waals surface area contributed by atoms with Crippen LogP contribution in [0.15, 0.2) is 146 Å². The van der Waals surface area contributed by atoms with Crippen LogP contribution in [0.25, 0.3) is 0 Å². The Morgan fingerprint density at radius 2 is 1.16 bits per heavy atom. The molecule has 0 unspecified atom stereocenters. The van der Waals surface area contributed by atoms with Gasteiger partial charge in [0.25, 0.3) is 0 Å². The van der Waals surface area contributed by atoms with Crippen LogP contribution < -0.4 is 15.8 Å². The molecule has 0 heterocycles. The number of nitrogens with one attached hydrogen (secondary N) is 1. The highest BCUT2D eigenvalue weighted by Gasteiger charge is 2.34. The van der Waals surface area contributed by atoms with E-state index in [0.29, 0.717) is 19.4 Å². The van der Waals surface area contributed by atoms with Crippen LogP contribution in [0.1, 0.15) is 46.6 Å². The molecule has 8 heteroatoms. The van der Waals surface area contributed by atoms with E-state index in [2.05, 4.69) is 5.32 Å². The molecule has 256 valence electrons. The third-order valence-electron chi connectivity index (χ3n) is 8.45. The van der Waals surface area contributed by atoms with Gasteiger partial charge in [0, 0.05) is 13.1 Å². The predicted molar refractivity (Wildman–Crippen MR) is 194 cm³/mol. The lowest BCUT2D eigenvalue weighted by Crippen LogP contribution is -2.50. The minimum atomic E-state index is -0.895. The van der Waals surface area contributed by atoms with Crippen molar-refractivity contribution in [1.82, 2.24) is 10.2 Å². The van der Waals surface area contributed by atoms with E-state index in [4.69, 9.17) is 15.2 Å². The molecule has 5 aromatic rings. The van der Waals surface area contributed by atoms with E-state index in [0.717, 1.165) is 33.6 Å². The second-order valence-electron chi connectivity index (χ2n) is 12.0. The Kier molecular flexibility index (Phi) is 13.2. The van der Waals surface area contributed by atoms with E-state index in [1.165, 1.54) is 0 Å². The maximum Gasteiger partial charge on any atom is 0.407 e. The maximum atomic E-state index is 14.7. The number of nitrogens with two attached hydrogens (primary N) is 1. The van der Waals surface area contributed by atoms with Gasteiger partial charge in [-0.1, -0.05) is 133 Å². The Morgan fingerprint density at radius 1 is 0.640 bits per heavy atom. The average Bonchev–Trinajstić information content (AvgIpc) is 3.16. The maximum absolute atomic E-state index is 14.7. The lowest BCUT2D eigenvalue weighted by atomic mass is 9.89. The molecule has 0 radical (unpaired) electrons. The van der Waals surface area contributed by atoms with Crippen LogP contribution in [-0.4, -0.2) is 41.9 Å². The number of ether oxygens (including phenoxy) is 2. The summed E-state index contributed by atoms with van der Waals surface area (Å²) in [5, 5.41) is 2.75. The van der Waals surface area contributed by atoms with Gasteiger partial charge in [0.15, 0.2) is 0 Å². The first kappa shape index (κ1) is 35.4. The zero-order valence-electron chi connectivity index (χ0n) is 28.0. The Balaban J connectivity index is 1.29. The zero-order valence-corrected chi connectivity index (χ0v) is 28.0. The quantitative estimate of drug-likeness (QED) is 0.103. The molecule has 50 heavy (non-hydrogen) atoms. The molecular formula is C42H43N3O5. The van der Waals surface area contributed by atoms with Crippen molar-refractivity contribution in [2.45, 2.75) is 44.4 Å².